The predicted octanol–water partition coefficient (Wildman–Crippen LogP) is 3.23. The number of likely N-dealkylation sites (N-methyl/N-ethyl adjacent to an activating group) is 1. The van der Waals surface area contributed by atoms with Crippen LogP contribution < -0.4 is 19.7 Å². The Hall–Kier alpha value is -2.73. The predicted molar refractivity (Wildman–Crippen MR) is 110 cm³/mol. The first-order chi connectivity index (χ1) is 12.8. The molecule has 6 nitrogen and oxygen atoms in total. The summed E-state index contributed by atoms with van der Waals surface area (Å²) in [5.74, 6) is 1.43. The molecule has 0 aliphatic carbocycles. The van der Waals surface area contributed by atoms with Crippen LogP contribution in [0.5, 0.6) is 11.5 Å². The van der Waals surface area contributed by atoms with E-state index in [1.54, 1.807) is 14.2 Å². The van der Waals surface area contributed by atoms with Crippen LogP contribution in [0.3, 0.4) is 0 Å². The molecular weight excluding hydrogens is 342 g/mol. The monoisotopic (exact) mass is 371 g/mol. The summed E-state index contributed by atoms with van der Waals surface area (Å²) in [5, 5.41) is 2.97. The minimum Gasteiger partial charge on any atom is -0.497 e. The van der Waals surface area contributed by atoms with Gasteiger partial charge in [0.2, 0.25) is 5.91 Å². The van der Waals surface area contributed by atoms with Gasteiger partial charge in [0.1, 0.15) is 11.5 Å². The minimum atomic E-state index is -0.301. The summed E-state index contributed by atoms with van der Waals surface area (Å²) in [6, 6.07) is 13.2. The number of ether oxygens (including phenoxy) is 2. The molecular formula is C21H29N3O3. The largest absolute Gasteiger partial charge is 0.497 e. The maximum absolute atomic E-state index is 12.6. The Balaban J connectivity index is 2.01. The van der Waals surface area contributed by atoms with Gasteiger partial charge >= 0.3 is 0 Å². The second-order valence-corrected chi connectivity index (χ2v) is 6.70. The highest BCUT2D eigenvalue weighted by Gasteiger charge is 2.19. The number of amides is 1. The zero-order valence-electron chi connectivity index (χ0n) is 16.9. The highest BCUT2D eigenvalue weighted by molar-refractivity contribution is 5.94. The molecule has 0 unspecified atom stereocenters. The van der Waals surface area contributed by atoms with E-state index in [4.69, 9.17) is 9.47 Å². The third-order valence-corrected chi connectivity index (χ3v) is 4.61. The van der Waals surface area contributed by atoms with Crippen LogP contribution in [0, 0.1) is 0 Å². The fraction of sp³-hybridized carbons (Fsp3) is 0.381. The smallest absolute Gasteiger partial charge is 0.241 e. The topological polar surface area (TPSA) is 54.0 Å². The van der Waals surface area contributed by atoms with Gasteiger partial charge in [-0.25, -0.2) is 0 Å². The van der Waals surface area contributed by atoms with Gasteiger partial charge in [-0.15, -0.1) is 0 Å². The molecule has 2 aromatic carbocycles. The number of hydrogen-bond acceptors (Lipinski definition) is 5. The van der Waals surface area contributed by atoms with Crippen LogP contribution >= 0.6 is 0 Å². The number of rotatable bonds is 8. The van der Waals surface area contributed by atoms with Crippen molar-refractivity contribution in [2.75, 3.05) is 45.6 Å². The van der Waals surface area contributed by atoms with E-state index >= 15 is 0 Å². The van der Waals surface area contributed by atoms with E-state index in [1.165, 1.54) is 0 Å². The number of anilines is 2. The summed E-state index contributed by atoms with van der Waals surface area (Å²) < 4.78 is 10.7. The van der Waals surface area contributed by atoms with Crippen LogP contribution in [0.2, 0.25) is 0 Å². The van der Waals surface area contributed by atoms with E-state index in [0.717, 1.165) is 28.4 Å². The molecule has 6 heteroatoms. The number of benzene rings is 2. The Morgan fingerprint density at radius 2 is 1.70 bits per heavy atom. The average molecular weight is 371 g/mol. The maximum Gasteiger partial charge on any atom is 0.241 e. The van der Waals surface area contributed by atoms with Crippen LogP contribution in [0.25, 0.3) is 0 Å². The van der Waals surface area contributed by atoms with Crippen LogP contribution in [0.4, 0.5) is 11.4 Å². The number of carbonyl (C=O) groups is 1. The minimum absolute atomic E-state index is 0.0532. The molecule has 146 valence electrons. The van der Waals surface area contributed by atoms with Gasteiger partial charge in [0.05, 0.1) is 20.3 Å². The van der Waals surface area contributed by atoms with Gasteiger partial charge in [-0.1, -0.05) is 6.07 Å². The molecule has 1 amide bonds. The molecule has 0 fully saturated rings. The fourth-order valence-corrected chi connectivity index (χ4v) is 2.68. The Morgan fingerprint density at radius 3 is 2.26 bits per heavy atom. The second-order valence-electron chi connectivity index (χ2n) is 6.70. The van der Waals surface area contributed by atoms with Crippen molar-refractivity contribution in [1.29, 1.82) is 0 Å². The molecule has 0 aromatic heterocycles. The summed E-state index contributed by atoms with van der Waals surface area (Å²) in [7, 11) is 9.14. The molecule has 27 heavy (non-hydrogen) atoms. The van der Waals surface area contributed by atoms with Crippen molar-refractivity contribution < 1.29 is 14.3 Å². The standard InChI is InChI=1S/C21H29N3O3/c1-15(21(25)22-17-8-10-18(11-9-17)23(2)3)24(4)14-16-7-12-19(26-5)13-20(16)27-6/h7-13,15H,14H2,1-6H3,(H,22,25)/t15-/m1/s1. The first-order valence-corrected chi connectivity index (χ1v) is 8.85. The summed E-state index contributed by atoms with van der Waals surface area (Å²) in [6.45, 7) is 2.47. The number of nitrogens with zero attached hydrogens (tertiary/aromatic N) is 2. The van der Waals surface area contributed by atoms with Gasteiger partial charge in [0.25, 0.3) is 0 Å². The Bertz CT molecular complexity index is 760. The molecule has 0 aliphatic heterocycles. The Kier molecular flexibility index (Phi) is 7.07. The molecule has 0 radical (unpaired) electrons. The van der Waals surface area contributed by atoms with Crippen LogP contribution in [0.15, 0.2) is 42.5 Å². The second kappa shape index (κ2) is 9.28. The zero-order valence-corrected chi connectivity index (χ0v) is 16.9. The third-order valence-electron chi connectivity index (χ3n) is 4.61. The first kappa shape index (κ1) is 20.6. The van der Waals surface area contributed by atoms with E-state index in [2.05, 4.69) is 5.32 Å². The molecule has 1 N–H and O–H groups in total. The third kappa shape index (κ3) is 5.37. The van der Waals surface area contributed by atoms with Crippen molar-refractivity contribution in [3.8, 4) is 11.5 Å². The van der Waals surface area contributed by atoms with Gasteiger partial charge in [-0.05, 0) is 44.3 Å². The van der Waals surface area contributed by atoms with E-state index in [9.17, 15) is 4.79 Å². The lowest BCUT2D eigenvalue weighted by atomic mass is 10.1. The quantitative estimate of drug-likeness (QED) is 0.772. The van der Waals surface area contributed by atoms with E-state index in [-0.39, 0.29) is 11.9 Å². The molecule has 2 aromatic rings. The summed E-state index contributed by atoms with van der Waals surface area (Å²) >= 11 is 0. The van der Waals surface area contributed by atoms with Gasteiger partial charge < -0.3 is 19.7 Å². The number of methoxy groups -OCH3 is 2. The van der Waals surface area contributed by atoms with Crippen LogP contribution in [0.1, 0.15) is 12.5 Å². The summed E-state index contributed by atoms with van der Waals surface area (Å²) in [5.41, 5.74) is 2.87. The Morgan fingerprint density at radius 1 is 1.04 bits per heavy atom. The lowest BCUT2D eigenvalue weighted by molar-refractivity contribution is -0.120. The fourth-order valence-electron chi connectivity index (χ4n) is 2.68. The highest BCUT2D eigenvalue weighted by atomic mass is 16.5. The molecule has 0 saturated heterocycles. The van der Waals surface area contributed by atoms with Gasteiger partial charge in [-0.3, -0.25) is 9.69 Å². The molecule has 1 atom stereocenters. The number of carbonyl (C=O) groups excluding carboxylic acids is 1. The molecule has 2 rings (SSSR count). The number of nitrogens with one attached hydrogen (secondary N) is 1. The first-order valence-electron chi connectivity index (χ1n) is 8.85. The molecule has 0 bridgehead atoms. The normalized spacial score (nSPS) is 11.8. The molecule has 0 saturated carbocycles. The van der Waals surface area contributed by atoms with Gasteiger partial charge in [0.15, 0.2) is 0 Å². The lowest BCUT2D eigenvalue weighted by Crippen LogP contribution is -2.39. The van der Waals surface area contributed by atoms with Crippen LogP contribution in [-0.4, -0.2) is 52.2 Å². The average Bonchev–Trinajstić information content (AvgIpc) is 2.67. The van der Waals surface area contributed by atoms with Gasteiger partial charge in [0, 0.05) is 43.6 Å². The van der Waals surface area contributed by atoms with Gasteiger partial charge in [-0.2, -0.15) is 0 Å². The summed E-state index contributed by atoms with van der Waals surface area (Å²) in [4.78, 5) is 16.6. The maximum atomic E-state index is 12.6. The van der Waals surface area contributed by atoms with Crippen LogP contribution in [-0.2, 0) is 11.3 Å². The summed E-state index contributed by atoms with van der Waals surface area (Å²) in [6.07, 6.45) is 0. The van der Waals surface area contributed by atoms with Crippen molar-refractivity contribution in [2.45, 2.75) is 19.5 Å². The Labute approximate surface area is 161 Å². The van der Waals surface area contributed by atoms with Crippen molar-refractivity contribution in [3.63, 3.8) is 0 Å². The molecule has 0 aliphatic rings. The number of hydrogen-bond donors (Lipinski definition) is 1. The van der Waals surface area contributed by atoms with Crippen molar-refractivity contribution in [2.24, 2.45) is 0 Å². The molecule has 0 spiro atoms. The zero-order chi connectivity index (χ0) is 20.0. The van der Waals surface area contributed by atoms with Crippen molar-refractivity contribution in [1.82, 2.24) is 4.90 Å². The van der Waals surface area contributed by atoms with E-state index in [1.807, 2.05) is 80.3 Å². The lowest BCUT2D eigenvalue weighted by Gasteiger charge is -2.25. The highest BCUT2D eigenvalue weighted by Crippen LogP contribution is 2.26. The van der Waals surface area contributed by atoms with E-state index < -0.39 is 0 Å². The van der Waals surface area contributed by atoms with Crippen molar-refractivity contribution >= 4 is 17.3 Å². The molecule has 0 heterocycles. The van der Waals surface area contributed by atoms with Crippen molar-refractivity contribution in [3.05, 3.63) is 48.0 Å². The SMILES string of the molecule is COc1ccc(CN(C)[C@H](C)C(=O)Nc2ccc(N(C)C)cc2)c(OC)c1. The van der Waals surface area contributed by atoms with E-state index in [0.29, 0.717) is 6.54 Å².